The highest BCUT2D eigenvalue weighted by atomic mass is 16.4. The molecule has 2 bridgehead atoms. The van der Waals surface area contributed by atoms with Crippen molar-refractivity contribution in [3.63, 3.8) is 0 Å². The van der Waals surface area contributed by atoms with Crippen LogP contribution in [0.25, 0.3) is 0 Å². The Kier molecular flexibility index (Phi) is 3.32. The average molecular weight is 285 g/mol. The fraction of sp³-hybridized carbons (Fsp3) is 0.562. The van der Waals surface area contributed by atoms with Crippen molar-refractivity contribution >= 4 is 11.8 Å². The number of hydrogen-bond donors (Lipinski definition) is 2. The van der Waals surface area contributed by atoms with Crippen LogP contribution >= 0.6 is 0 Å². The van der Waals surface area contributed by atoms with Crippen molar-refractivity contribution in [2.45, 2.75) is 39.2 Å². The van der Waals surface area contributed by atoms with Gasteiger partial charge in [0.1, 0.15) is 11.9 Å². The second kappa shape index (κ2) is 5.03. The number of hydrogen-bond acceptors (Lipinski definition) is 4. The smallest absolute Gasteiger partial charge is 0.308 e. The predicted molar refractivity (Wildman–Crippen MR) is 77.8 cm³/mol. The van der Waals surface area contributed by atoms with Gasteiger partial charge in [0.2, 0.25) is 0 Å². The lowest BCUT2D eigenvalue weighted by Gasteiger charge is -2.29. The first-order valence-electron chi connectivity index (χ1n) is 7.39. The lowest BCUT2D eigenvalue weighted by molar-refractivity contribution is -0.143. The molecule has 2 fully saturated rings. The highest BCUT2D eigenvalue weighted by Crippen LogP contribution is 2.49. The van der Waals surface area contributed by atoms with Crippen LogP contribution < -0.4 is 5.32 Å². The number of aliphatic carboxylic acids is 1. The molecule has 1 aromatic rings. The Morgan fingerprint density at radius 3 is 2.81 bits per heavy atom. The van der Waals surface area contributed by atoms with Gasteiger partial charge in [-0.15, -0.1) is 0 Å². The minimum absolute atomic E-state index is 0.109. The Labute approximate surface area is 124 Å². The van der Waals surface area contributed by atoms with E-state index in [0.29, 0.717) is 17.3 Å². The van der Waals surface area contributed by atoms with Crippen LogP contribution in [0.15, 0.2) is 6.07 Å². The van der Waals surface area contributed by atoms with Gasteiger partial charge in [0.05, 0.1) is 11.5 Å². The lowest BCUT2D eigenvalue weighted by Crippen LogP contribution is -2.39. The molecule has 0 spiro atoms. The van der Waals surface area contributed by atoms with Crippen LogP contribution in [0, 0.1) is 42.9 Å². The molecule has 4 unspecified atom stereocenters. The van der Waals surface area contributed by atoms with E-state index < -0.39 is 5.97 Å². The van der Waals surface area contributed by atoms with Gasteiger partial charge in [-0.1, -0.05) is 0 Å². The molecule has 2 aliphatic carbocycles. The second-order valence-electron chi connectivity index (χ2n) is 6.28. The quantitative estimate of drug-likeness (QED) is 0.891. The summed E-state index contributed by atoms with van der Waals surface area (Å²) >= 11 is 0. The SMILES string of the molecule is Cc1cc(C)c(C#N)c(NC2C3CCC(C3)C2C(=O)O)n1. The van der Waals surface area contributed by atoms with Gasteiger partial charge in [-0.2, -0.15) is 5.26 Å². The van der Waals surface area contributed by atoms with Gasteiger partial charge >= 0.3 is 5.97 Å². The Morgan fingerprint density at radius 2 is 2.14 bits per heavy atom. The molecule has 1 heterocycles. The maximum Gasteiger partial charge on any atom is 0.308 e. The molecule has 5 nitrogen and oxygen atoms in total. The molecular weight excluding hydrogens is 266 g/mol. The summed E-state index contributed by atoms with van der Waals surface area (Å²) in [5.74, 6) is 0.0889. The number of nitrogens with zero attached hydrogens (tertiary/aromatic N) is 2. The zero-order chi connectivity index (χ0) is 15.1. The number of carboxylic acids is 1. The highest BCUT2D eigenvalue weighted by Gasteiger charge is 2.51. The molecule has 1 aromatic heterocycles. The number of pyridine rings is 1. The van der Waals surface area contributed by atoms with Crippen LogP contribution in [-0.2, 0) is 4.79 Å². The molecule has 2 saturated carbocycles. The average Bonchev–Trinajstić information content (AvgIpc) is 2.98. The zero-order valence-corrected chi connectivity index (χ0v) is 12.3. The molecule has 0 amide bonds. The Bertz CT molecular complexity index is 635. The van der Waals surface area contributed by atoms with Crippen molar-refractivity contribution in [2.24, 2.45) is 17.8 Å². The molecule has 0 aliphatic heterocycles. The van der Waals surface area contributed by atoms with Crippen molar-refractivity contribution in [1.29, 1.82) is 5.26 Å². The van der Waals surface area contributed by atoms with Gasteiger partial charge in [0, 0.05) is 11.7 Å². The summed E-state index contributed by atoms with van der Waals surface area (Å²) in [6, 6.07) is 3.95. The van der Waals surface area contributed by atoms with Gasteiger partial charge < -0.3 is 10.4 Å². The molecule has 2 aliphatic rings. The Morgan fingerprint density at radius 1 is 1.43 bits per heavy atom. The molecule has 4 atom stereocenters. The van der Waals surface area contributed by atoms with Crippen molar-refractivity contribution in [1.82, 2.24) is 4.98 Å². The highest BCUT2D eigenvalue weighted by molar-refractivity contribution is 5.73. The minimum atomic E-state index is -0.734. The summed E-state index contributed by atoms with van der Waals surface area (Å²) < 4.78 is 0. The maximum absolute atomic E-state index is 11.6. The largest absolute Gasteiger partial charge is 0.481 e. The number of carbonyl (C=O) groups is 1. The van der Waals surface area contributed by atoms with E-state index in [2.05, 4.69) is 16.4 Å². The number of rotatable bonds is 3. The Balaban J connectivity index is 1.93. The normalized spacial score (nSPS) is 30.1. The number of fused-ring (bicyclic) bond motifs is 2. The first-order valence-corrected chi connectivity index (χ1v) is 7.39. The topological polar surface area (TPSA) is 86.0 Å². The molecule has 2 N–H and O–H groups in total. The van der Waals surface area contributed by atoms with Gasteiger partial charge in [-0.3, -0.25) is 4.79 Å². The molecule has 5 heteroatoms. The second-order valence-corrected chi connectivity index (χ2v) is 6.28. The van der Waals surface area contributed by atoms with Crippen LogP contribution in [0.1, 0.15) is 36.1 Å². The number of nitrogens with one attached hydrogen (secondary N) is 1. The van der Waals surface area contributed by atoms with Crippen molar-refractivity contribution in [3.8, 4) is 6.07 Å². The van der Waals surface area contributed by atoms with E-state index in [1.807, 2.05) is 19.9 Å². The van der Waals surface area contributed by atoms with E-state index >= 15 is 0 Å². The number of carboxylic acid groups (broad SMARTS) is 1. The standard InChI is InChI=1S/C16H19N3O2/c1-8-5-9(2)18-15(12(8)7-17)19-14-11-4-3-10(6-11)13(14)16(20)21/h5,10-11,13-14H,3-4,6H2,1-2H3,(H,18,19)(H,20,21). The van der Waals surface area contributed by atoms with Gasteiger partial charge in [-0.25, -0.2) is 4.98 Å². The summed E-state index contributed by atoms with van der Waals surface area (Å²) in [5, 5.41) is 22.1. The van der Waals surface area contributed by atoms with Crippen LogP contribution in [0.4, 0.5) is 5.82 Å². The molecule has 21 heavy (non-hydrogen) atoms. The minimum Gasteiger partial charge on any atom is -0.481 e. The molecule has 0 radical (unpaired) electrons. The molecule has 110 valence electrons. The summed E-state index contributed by atoms with van der Waals surface area (Å²) in [5.41, 5.74) is 2.24. The van der Waals surface area contributed by atoms with E-state index in [0.717, 1.165) is 30.5 Å². The third-order valence-corrected chi connectivity index (χ3v) is 4.96. The third-order valence-electron chi connectivity index (χ3n) is 4.96. The van der Waals surface area contributed by atoms with Gasteiger partial charge in [-0.05, 0) is 56.6 Å². The molecule has 3 rings (SSSR count). The van der Waals surface area contributed by atoms with Crippen molar-refractivity contribution in [2.75, 3.05) is 5.32 Å². The zero-order valence-electron chi connectivity index (χ0n) is 12.3. The van der Waals surface area contributed by atoms with Crippen LogP contribution in [0.2, 0.25) is 0 Å². The third kappa shape index (κ3) is 2.25. The summed E-state index contributed by atoms with van der Waals surface area (Å²) in [7, 11) is 0. The monoisotopic (exact) mass is 285 g/mol. The van der Waals surface area contributed by atoms with E-state index in [-0.39, 0.29) is 17.9 Å². The van der Waals surface area contributed by atoms with Gasteiger partial charge in [0.15, 0.2) is 0 Å². The van der Waals surface area contributed by atoms with E-state index in [1.54, 1.807) is 0 Å². The van der Waals surface area contributed by atoms with Crippen molar-refractivity contribution < 1.29 is 9.90 Å². The summed E-state index contributed by atoms with van der Waals surface area (Å²) in [6.45, 7) is 3.77. The first kappa shape index (κ1) is 13.9. The van der Waals surface area contributed by atoms with E-state index in [4.69, 9.17) is 0 Å². The molecule has 0 saturated heterocycles. The number of aromatic nitrogens is 1. The molecule has 0 aromatic carbocycles. The predicted octanol–water partition coefficient (Wildman–Crippen LogP) is 2.48. The number of nitriles is 1. The van der Waals surface area contributed by atoms with Crippen LogP contribution in [-0.4, -0.2) is 22.1 Å². The summed E-state index contributed by atoms with van der Waals surface area (Å²) in [4.78, 5) is 16.0. The summed E-state index contributed by atoms with van der Waals surface area (Å²) in [6.07, 6.45) is 3.05. The lowest BCUT2D eigenvalue weighted by atomic mass is 9.84. The molecular formula is C16H19N3O2. The van der Waals surface area contributed by atoms with E-state index in [9.17, 15) is 15.2 Å². The van der Waals surface area contributed by atoms with Crippen molar-refractivity contribution in [3.05, 3.63) is 22.9 Å². The van der Waals surface area contributed by atoms with Crippen LogP contribution in [0.3, 0.4) is 0 Å². The fourth-order valence-electron chi connectivity index (χ4n) is 4.09. The number of aryl methyl sites for hydroxylation is 2. The van der Waals surface area contributed by atoms with Crippen LogP contribution in [0.5, 0.6) is 0 Å². The maximum atomic E-state index is 11.6. The van der Waals surface area contributed by atoms with E-state index in [1.165, 1.54) is 0 Å². The Hall–Kier alpha value is -2.09. The fourth-order valence-corrected chi connectivity index (χ4v) is 4.09. The number of anilines is 1. The first-order chi connectivity index (χ1) is 10.0. The van der Waals surface area contributed by atoms with Gasteiger partial charge in [0.25, 0.3) is 0 Å².